The first kappa shape index (κ1) is 15.9. The number of anilines is 1. The Morgan fingerprint density at radius 2 is 2.05 bits per heavy atom. The van der Waals surface area contributed by atoms with Gasteiger partial charge >= 0.3 is 0 Å². The van der Waals surface area contributed by atoms with Crippen LogP contribution in [0.15, 0.2) is 22.4 Å². The Labute approximate surface area is 129 Å². The predicted octanol–water partition coefficient (Wildman–Crippen LogP) is 3.08. The lowest BCUT2D eigenvalue weighted by molar-refractivity contribution is 0.102. The third-order valence-corrected chi connectivity index (χ3v) is 5.89. The summed E-state index contributed by atoms with van der Waals surface area (Å²) in [7, 11) is 1.35. The number of rotatable bonds is 3. The average molecular weight is 349 g/mol. The van der Waals surface area contributed by atoms with Crippen LogP contribution in [-0.4, -0.2) is 19.3 Å². The van der Waals surface area contributed by atoms with Crippen molar-refractivity contribution >= 4 is 42.1 Å². The molecule has 21 heavy (non-hydrogen) atoms. The summed E-state index contributed by atoms with van der Waals surface area (Å²) in [6, 6.07) is 3.83. The number of nitrogens with zero attached hydrogens (tertiary/aromatic N) is 1. The number of hydrogen-bond donors (Lipinski definition) is 1. The summed E-state index contributed by atoms with van der Waals surface area (Å²) in [5, 5.41) is 2.52. The van der Waals surface area contributed by atoms with Gasteiger partial charge in [-0.25, -0.2) is 17.8 Å². The maximum absolute atomic E-state index is 13.2. The van der Waals surface area contributed by atoms with Gasteiger partial charge in [-0.1, -0.05) is 17.4 Å². The van der Waals surface area contributed by atoms with E-state index in [1.54, 1.807) is 6.92 Å². The topological polar surface area (TPSA) is 76.1 Å². The van der Waals surface area contributed by atoms with E-state index in [0.29, 0.717) is 5.56 Å². The number of aryl methyl sites for hydroxylation is 2. The van der Waals surface area contributed by atoms with E-state index in [-0.39, 0.29) is 20.6 Å². The number of carbonyl (C=O) groups excluding carboxylic acids is 1. The smallest absolute Gasteiger partial charge is 0.272 e. The van der Waals surface area contributed by atoms with E-state index < -0.39 is 20.8 Å². The summed E-state index contributed by atoms with van der Waals surface area (Å²) < 4.78 is 35.6. The lowest BCUT2D eigenvalue weighted by Crippen LogP contribution is -2.13. The number of benzene rings is 1. The van der Waals surface area contributed by atoms with Crippen molar-refractivity contribution in [1.29, 1.82) is 0 Å². The molecule has 0 aliphatic heterocycles. The van der Waals surface area contributed by atoms with Crippen LogP contribution in [0.25, 0.3) is 0 Å². The van der Waals surface area contributed by atoms with Crippen molar-refractivity contribution in [3.63, 3.8) is 0 Å². The van der Waals surface area contributed by atoms with Crippen LogP contribution in [0.1, 0.15) is 21.6 Å². The van der Waals surface area contributed by atoms with Gasteiger partial charge in [0.25, 0.3) is 15.0 Å². The molecule has 1 aromatic carbocycles. The van der Waals surface area contributed by atoms with Gasteiger partial charge in [0.15, 0.2) is 9.34 Å². The number of nitrogens with one attached hydrogen (secondary N) is 1. The molecule has 0 aliphatic carbocycles. The Bertz CT molecular complexity index is 818. The molecule has 0 unspecified atom stereocenters. The van der Waals surface area contributed by atoms with Crippen LogP contribution in [0.3, 0.4) is 0 Å². The number of aromatic nitrogens is 1. The van der Waals surface area contributed by atoms with Crippen LogP contribution >= 0.6 is 22.0 Å². The van der Waals surface area contributed by atoms with E-state index in [9.17, 15) is 17.6 Å². The largest absolute Gasteiger partial charge is 0.298 e. The van der Waals surface area contributed by atoms with Crippen LogP contribution in [0, 0.1) is 19.7 Å². The van der Waals surface area contributed by atoms with Gasteiger partial charge in [0.2, 0.25) is 0 Å². The maximum atomic E-state index is 13.2. The lowest BCUT2D eigenvalue weighted by atomic mass is 10.1. The third kappa shape index (κ3) is 3.58. The number of carbonyl (C=O) groups is 1. The summed E-state index contributed by atoms with van der Waals surface area (Å²) in [6.07, 6.45) is 0. The second-order valence-corrected chi connectivity index (χ2v) is 8.00. The summed E-state index contributed by atoms with van der Waals surface area (Å²) in [6.45, 7) is 3.13. The molecular formula is C12H10ClFN2O3S2. The zero-order valence-corrected chi connectivity index (χ0v) is 13.4. The first-order valence-electron chi connectivity index (χ1n) is 5.68. The molecule has 0 bridgehead atoms. The van der Waals surface area contributed by atoms with Crippen molar-refractivity contribution in [3.8, 4) is 0 Å². The zero-order valence-electron chi connectivity index (χ0n) is 11.0. The molecule has 1 amide bonds. The molecule has 112 valence electrons. The van der Waals surface area contributed by atoms with Crippen molar-refractivity contribution in [2.24, 2.45) is 0 Å². The molecule has 1 N–H and O–H groups in total. The highest BCUT2D eigenvalue weighted by Crippen LogP contribution is 2.30. The first-order chi connectivity index (χ1) is 9.68. The van der Waals surface area contributed by atoms with Crippen molar-refractivity contribution in [2.45, 2.75) is 18.1 Å². The summed E-state index contributed by atoms with van der Waals surface area (Å²) in [4.78, 5) is 16.0. The van der Waals surface area contributed by atoms with E-state index in [1.165, 1.54) is 19.1 Å². The molecule has 1 heterocycles. The molecule has 2 rings (SSSR count). The fourth-order valence-corrected chi connectivity index (χ4v) is 4.01. The molecule has 0 spiro atoms. The number of thiazole rings is 1. The molecule has 0 aliphatic rings. The van der Waals surface area contributed by atoms with Gasteiger partial charge < -0.3 is 0 Å². The number of halogens is 2. The normalized spacial score (nSPS) is 11.4. The van der Waals surface area contributed by atoms with E-state index in [1.807, 2.05) is 0 Å². The van der Waals surface area contributed by atoms with E-state index in [2.05, 4.69) is 10.3 Å². The molecule has 0 radical (unpaired) electrons. The van der Waals surface area contributed by atoms with Gasteiger partial charge in [0, 0.05) is 16.2 Å². The van der Waals surface area contributed by atoms with E-state index in [4.69, 9.17) is 10.7 Å². The molecular weight excluding hydrogens is 339 g/mol. The van der Waals surface area contributed by atoms with Crippen LogP contribution < -0.4 is 5.32 Å². The van der Waals surface area contributed by atoms with E-state index >= 15 is 0 Å². The highest BCUT2D eigenvalue weighted by molar-refractivity contribution is 8.15. The second-order valence-electron chi connectivity index (χ2n) is 4.24. The Balaban J connectivity index is 2.30. The quantitative estimate of drug-likeness (QED) is 0.865. The Hall–Kier alpha value is -1.51. The van der Waals surface area contributed by atoms with Gasteiger partial charge in [-0.2, -0.15) is 0 Å². The minimum Gasteiger partial charge on any atom is -0.298 e. The van der Waals surface area contributed by atoms with Crippen molar-refractivity contribution < 1.29 is 17.6 Å². The number of amides is 1. The molecule has 0 saturated heterocycles. The average Bonchev–Trinajstić information content (AvgIpc) is 2.73. The second kappa shape index (κ2) is 5.70. The van der Waals surface area contributed by atoms with Crippen LogP contribution in [0.4, 0.5) is 9.52 Å². The van der Waals surface area contributed by atoms with Crippen LogP contribution in [0.5, 0.6) is 0 Å². The van der Waals surface area contributed by atoms with Gasteiger partial charge in [-0.15, -0.1) is 0 Å². The van der Waals surface area contributed by atoms with Crippen molar-refractivity contribution in [2.75, 3.05) is 5.32 Å². The summed E-state index contributed by atoms with van der Waals surface area (Å²) in [5.41, 5.74) is 0.937. The highest BCUT2D eigenvalue weighted by Gasteiger charge is 2.21. The predicted molar refractivity (Wildman–Crippen MR) is 79.0 cm³/mol. The Kier molecular flexibility index (Phi) is 4.31. The minimum atomic E-state index is -3.91. The molecule has 0 fully saturated rings. The minimum absolute atomic E-state index is 0.0837. The molecule has 0 saturated carbocycles. The zero-order chi connectivity index (χ0) is 15.8. The highest BCUT2D eigenvalue weighted by atomic mass is 35.7. The lowest BCUT2D eigenvalue weighted by Gasteiger charge is -2.05. The molecule has 5 nitrogen and oxygen atoms in total. The Morgan fingerprint density at radius 3 is 2.62 bits per heavy atom. The van der Waals surface area contributed by atoms with E-state index in [0.717, 1.165) is 17.4 Å². The Morgan fingerprint density at radius 1 is 1.38 bits per heavy atom. The van der Waals surface area contributed by atoms with Gasteiger partial charge in [0.1, 0.15) is 5.82 Å². The summed E-state index contributed by atoms with van der Waals surface area (Å²) in [5.74, 6) is -1.11. The third-order valence-electron chi connectivity index (χ3n) is 2.64. The number of hydrogen-bond acceptors (Lipinski definition) is 5. The van der Waals surface area contributed by atoms with Gasteiger partial charge in [-0.3, -0.25) is 10.1 Å². The summed E-state index contributed by atoms with van der Waals surface area (Å²) >= 11 is 0.743. The monoisotopic (exact) mass is 348 g/mol. The molecule has 2 aromatic rings. The first-order valence-corrected chi connectivity index (χ1v) is 8.80. The van der Waals surface area contributed by atoms with Crippen molar-refractivity contribution in [3.05, 3.63) is 40.8 Å². The molecule has 1 aromatic heterocycles. The van der Waals surface area contributed by atoms with Gasteiger partial charge in [0.05, 0.1) is 5.69 Å². The van der Waals surface area contributed by atoms with Crippen LogP contribution in [-0.2, 0) is 9.05 Å². The fourth-order valence-electron chi connectivity index (χ4n) is 1.67. The fraction of sp³-hybridized carbons (Fsp3) is 0.167. The molecule has 0 atom stereocenters. The standard InChI is InChI=1S/C12H10ClFN2O3S2/c1-6-3-4-8(14)5-9(6)10(17)16-12-15-7(2)11(20-12)21(13,18)19/h3-5H,1-2H3,(H,15,16,17). The van der Waals surface area contributed by atoms with Crippen molar-refractivity contribution in [1.82, 2.24) is 4.98 Å². The molecule has 9 heteroatoms. The van der Waals surface area contributed by atoms with Gasteiger partial charge in [-0.05, 0) is 31.5 Å². The van der Waals surface area contributed by atoms with Crippen LogP contribution in [0.2, 0.25) is 0 Å². The maximum Gasteiger partial charge on any atom is 0.272 e. The SMILES string of the molecule is Cc1ccc(F)cc1C(=O)Nc1nc(C)c(S(=O)(=O)Cl)s1.